The summed E-state index contributed by atoms with van der Waals surface area (Å²) in [5.74, 6) is 0.889. The van der Waals surface area contributed by atoms with Crippen molar-refractivity contribution in [2.75, 3.05) is 0 Å². The highest BCUT2D eigenvalue weighted by atomic mass is 32.1. The SMILES string of the molecule is CCc1nc(COc2ccc(C)c(C)c2)sc1C(C)(C)N. The maximum atomic E-state index is 6.22. The molecule has 0 bridgehead atoms. The average molecular weight is 304 g/mol. The number of hydrogen-bond donors (Lipinski definition) is 1. The minimum atomic E-state index is -0.346. The predicted molar refractivity (Wildman–Crippen MR) is 89.0 cm³/mol. The Kier molecular flexibility index (Phi) is 4.69. The molecule has 0 aliphatic heterocycles. The second-order valence-electron chi connectivity index (χ2n) is 5.99. The average Bonchev–Trinajstić information content (AvgIpc) is 2.83. The zero-order valence-electron chi connectivity index (χ0n) is 13.5. The fraction of sp³-hybridized carbons (Fsp3) is 0.471. The van der Waals surface area contributed by atoms with Crippen molar-refractivity contribution in [2.24, 2.45) is 5.73 Å². The van der Waals surface area contributed by atoms with E-state index in [1.807, 2.05) is 19.9 Å². The van der Waals surface area contributed by atoms with Crippen LogP contribution in [0.5, 0.6) is 5.75 Å². The van der Waals surface area contributed by atoms with Crippen LogP contribution in [0.1, 0.15) is 47.5 Å². The second-order valence-corrected chi connectivity index (χ2v) is 7.08. The molecule has 0 fully saturated rings. The minimum Gasteiger partial charge on any atom is -0.486 e. The molecule has 3 nitrogen and oxygen atoms in total. The van der Waals surface area contributed by atoms with Gasteiger partial charge in [0.1, 0.15) is 17.4 Å². The Morgan fingerprint density at radius 2 is 1.95 bits per heavy atom. The summed E-state index contributed by atoms with van der Waals surface area (Å²) in [6.07, 6.45) is 0.899. The van der Waals surface area contributed by atoms with E-state index in [9.17, 15) is 0 Å². The van der Waals surface area contributed by atoms with Gasteiger partial charge in [-0.3, -0.25) is 0 Å². The van der Waals surface area contributed by atoms with Crippen LogP contribution in [0.2, 0.25) is 0 Å². The molecular weight excluding hydrogens is 280 g/mol. The second kappa shape index (κ2) is 6.16. The molecule has 0 aliphatic carbocycles. The summed E-state index contributed by atoms with van der Waals surface area (Å²) in [7, 11) is 0. The molecule has 0 saturated carbocycles. The van der Waals surface area contributed by atoms with Gasteiger partial charge in [0.05, 0.1) is 5.69 Å². The molecule has 0 atom stereocenters. The number of benzene rings is 1. The van der Waals surface area contributed by atoms with Gasteiger partial charge in [0.2, 0.25) is 0 Å². The van der Waals surface area contributed by atoms with Gasteiger partial charge in [-0.15, -0.1) is 11.3 Å². The molecule has 0 radical (unpaired) electrons. The lowest BCUT2D eigenvalue weighted by Crippen LogP contribution is -2.28. The number of thiazole rings is 1. The van der Waals surface area contributed by atoms with Crippen molar-refractivity contribution in [2.45, 2.75) is 53.2 Å². The van der Waals surface area contributed by atoms with E-state index in [-0.39, 0.29) is 5.54 Å². The fourth-order valence-corrected chi connectivity index (χ4v) is 3.23. The lowest BCUT2D eigenvalue weighted by atomic mass is 10.0. The van der Waals surface area contributed by atoms with Gasteiger partial charge < -0.3 is 10.5 Å². The Morgan fingerprint density at radius 1 is 1.24 bits per heavy atom. The number of aryl methyl sites for hydroxylation is 3. The first-order valence-corrected chi connectivity index (χ1v) is 8.11. The Balaban J connectivity index is 2.13. The third-order valence-electron chi connectivity index (χ3n) is 3.50. The lowest BCUT2D eigenvalue weighted by Gasteiger charge is -2.17. The van der Waals surface area contributed by atoms with Gasteiger partial charge in [-0.1, -0.05) is 13.0 Å². The van der Waals surface area contributed by atoms with E-state index in [0.29, 0.717) is 6.61 Å². The minimum absolute atomic E-state index is 0.346. The highest BCUT2D eigenvalue weighted by Crippen LogP contribution is 2.29. The topological polar surface area (TPSA) is 48.1 Å². The molecule has 0 amide bonds. The van der Waals surface area contributed by atoms with E-state index in [4.69, 9.17) is 10.5 Å². The standard InChI is InChI=1S/C17H24N2OS/c1-6-14-16(17(4,5)18)21-15(19-14)10-20-13-8-7-11(2)12(3)9-13/h7-9H,6,10,18H2,1-5H3. The van der Waals surface area contributed by atoms with E-state index in [0.717, 1.165) is 27.7 Å². The Hall–Kier alpha value is -1.39. The van der Waals surface area contributed by atoms with Crippen LogP contribution in [0.15, 0.2) is 18.2 Å². The van der Waals surface area contributed by atoms with Crippen molar-refractivity contribution in [3.05, 3.63) is 44.9 Å². The summed E-state index contributed by atoms with van der Waals surface area (Å²) in [6, 6.07) is 6.15. The summed E-state index contributed by atoms with van der Waals surface area (Å²) < 4.78 is 5.86. The number of ether oxygens (including phenoxy) is 1. The van der Waals surface area contributed by atoms with Gasteiger partial charge in [0.25, 0.3) is 0 Å². The highest BCUT2D eigenvalue weighted by Gasteiger charge is 2.22. The maximum Gasteiger partial charge on any atom is 0.140 e. The van der Waals surface area contributed by atoms with Crippen molar-refractivity contribution in [3.63, 3.8) is 0 Å². The molecule has 1 aromatic carbocycles. The molecule has 0 aliphatic rings. The van der Waals surface area contributed by atoms with Crippen LogP contribution in [-0.2, 0) is 18.6 Å². The first-order chi connectivity index (χ1) is 9.81. The number of hydrogen-bond acceptors (Lipinski definition) is 4. The van der Waals surface area contributed by atoms with E-state index in [1.54, 1.807) is 11.3 Å². The molecule has 0 spiro atoms. The van der Waals surface area contributed by atoms with E-state index in [2.05, 4.69) is 37.9 Å². The van der Waals surface area contributed by atoms with Crippen LogP contribution < -0.4 is 10.5 Å². The highest BCUT2D eigenvalue weighted by molar-refractivity contribution is 7.11. The number of aromatic nitrogens is 1. The van der Waals surface area contributed by atoms with Crippen LogP contribution in [0, 0.1) is 13.8 Å². The van der Waals surface area contributed by atoms with Crippen molar-refractivity contribution in [1.82, 2.24) is 4.98 Å². The first kappa shape index (κ1) is 16.0. The lowest BCUT2D eigenvalue weighted by molar-refractivity contribution is 0.305. The third-order valence-corrected chi connectivity index (χ3v) is 4.91. The molecule has 1 aromatic heterocycles. The molecule has 2 rings (SSSR count). The van der Waals surface area contributed by atoms with Gasteiger partial charge in [0.15, 0.2) is 0 Å². The molecule has 0 saturated heterocycles. The summed E-state index contributed by atoms with van der Waals surface area (Å²) in [5.41, 5.74) is 9.48. The van der Waals surface area contributed by atoms with E-state index < -0.39 is 0 Å². The van der Waals surface area contributed by atoms with Crippen molar-refractivity contribution in [1.29, 1.82) is 0 Å². The number of nitrogens with two attached hydrogens (primary N) is 1. The maximum absolute atomic E-state index is 6.22. The monoisotopic (exact) mass is 304 g/mol. The van der Waals surface area contributed by atoms with Gasteiger partial charge in [-0.2, -0.15) is 0 Å². The fourth-order valence-electron chi connectivity index (χ4n) is 2.15. The Labute approximate surface area is 131 Å². The van der Waals surface area contributed by atoms with Gasteiger partial charge in [0, 0.05) is 10.4 Å². The number of nitrogens with zero attached hydrogens (tertiary/aromatic N) is 1. The van der Waals surface area contributed by atoms with Gasteiger partial charge in [-0.05, 0) is 57.4 Å². The largest absolute Gasteiger partial charge is 0.486 e. The quantitative estimate of drug-likeness (QED) is 0.905. The summed E-state index contributed by atoms with van der Waals surface area (Å²) in [5, 5.41) is 0.985. The van der Waals surface area contributed by atoms with Crippen molar-refractivity contribution < 1.29 is 4.74 Å². The van der Waals surface area contributed by atoms with E-state index in [1.165, 1.54) is 11.1 Å². The molecule has 0 unspecified atom stereocenters. The molecular formula is C17H24N2OS. The zero-order valence-corrected chi connectivity index (χ0v) is 14.3. The van der Waals surface area contributed by atoms with Crippen LogP contribution >= 0.6 is 11.3 Å². The smallest absolute Gasteiger partial charge is 0.140 e. The molecule has 21 heavy (non-hydrogen) atoms. The predicted octanol–water partition coefficient (Wildman–Crippen LogP) is 4.10. The summed E-state index contributed by atoms with van der Waals surface area (Å²) in [6.45, 7) is 10.8. The Morgan fingerprint density at radius 3 is 2.48 bits per heavy atom. The summed E-state index contributed by atoms with van der Waals surface area (Å²) in [4.78, 5) is 5.82. The molecule has 4 heteroatoms. The third kappa shape index (κ3) is 3.83. The Bertz CT molecular complexity index is 626. The molecule has 114 valence electrons. The summed E-state index contributed by atoms with van der Waals surface area (Å²) >= 11 is 1.66. The van der Waals surface area contributed by atoms with Crippen LogP contribution in [0.4, 0.5) is 0 Å². The first-order valence-electron chi connectivity index (χ1n) is 7.29. The van der Waals surface area contributed by atoms with Crippen LogP contribution in [0.3, 0.4) is 0 Å². The normalized spacial score (nSPS) is 11.7. The van der Waals surface area contributed by atoms with Gasteiger partial charge >= 0.3 is 0 Å². The van der Waals surface area contributed by atoms with Crippen molar-refractivity contribution >= 4 is 11.3 Å². The molecule has 1 heterocycles. The van der Waals surface area contributed by atoms with Gasteiger partial charge in [-0.25, -0.2) is 4.98 Å². The zero-order chi connectivity index (χ0) is 15.6. The van der Waals surface area contributed by atoms with Crippen molar-refractivity contribution in [3.8, 4) is 5.75 Å². The van der Waals surface area contributed by atoms with E-state index >= 15 is 0 Å². The number of rotatable bonds is 5. The molecule has 2 aromatic rings. The van der Waals surface area contributed by atoms with Crippen LogP contribution in [0.25, 0.3) is 0 Å². The molecule has 2 N–H and O–H groups in total. The van der Waals surface area contributed by atoms with Crippen LogP contribution in [-0.4, -0.2) is 4.98 Å².